The molecule has 0 radical (unpaired) electrons. The summed E-state index contributed by atoms with van der Waals surface area (Å²) in [7, 11) is 1.67. The average molecular weight is 370 g/mol. The Morgan fingerprint density at radius 2 is 1.95 bits per heavy atom. The summed E-state index contributed by atoms with van der Waals surface area (Å²) in [6, 6.07) is 8.19. The zero-order chi connectivity index (χ0) is 13.1. The van der Waals surface area contributed by atoms with Crippen LogP contribution >= 0.6 is 22.6 Å². The van der Waals surface area contributed by atoms with Crippen LogP contribution in [0.25, 0.3) is 0 Å². The minimum atomic E-state index is 0.0254. The number of methoxy groups -OCH3 is 1. The maximum absolute atomic E-state index is 12.1. The Bertz CT molecular complexity index is 527. The lowest BCUT2D eigenvalue weighted by molar-refractivity contribution is -0.143. The third-order valence-electron chi connectivity index (χ3n) is 5.02. The predicted octanol–water partition coefficient (Wildman–Crippen LogP) is 2.77. The lowest BCUT2D eigenvalue weighted by Crippen LogP contribution is -2.32. The number of esters is 1. The Balaban J connectivity index is 1.73. The number of halogens is 1. The molecule has 2 aliphatic carbocycles. The van der Waals surface area contributed by atoms with Gasteiger partial charge in [-0.1, -0.05) is 34.7 Å². The van der Waals surface area contributed by atoms with Crippen molar-refractivity contribution >= 4 is 28.6 Å². The second kappa shape index (κ2) is 4.11. The van der Waals surface area contributed by atoms with Gasteiger partial charge >= 0.3 is 5.97 Å². The highest BCUT2D eigenvalue weighted by Gasteiger charge is 2.66. The number of hydrogen-bond acceptors (Lipinski definition) is 3. The Morgan fingerprint density at radius 3 is 2.63 bits per heavy atom. The lowest BCUT2D eigenvalue weighted by Gasteiger charge is -2.28. The van der Waals surface area contributed by atoms with Crippen LogP contribution in [-0.2, 0) is 9.53 Å². The quantitative estimate of drug-likeness (QED) is 0.456. The summed E-state index contributed by atoms with van der Waals surface area (Å²) in [6.07, 6.45) is 1.32. The van der Waals surface area contributed by atoms with Crippen LogP contribution in [0.15, 0.2) is 24.3 Å². The molecule has 3 nitrogen and oxygen atoms in total. The molecule has 2 bridgehead atoms. The molecule has 0 unspecified atom stereocenters. The number of ether oxygens (including phenoxy) is 2. The van der Waals surface area contributed by atoms with Gasteiger partial charge in [0.2, 0.25) is 0 Å². The second-order valence-electron chi connectivity index (χ2n) is 5.73. The summed E-state index contributed by atoms with van der Waals surface area (Å²) in [4.78, 5) is 12.1. The Kier molecular flexibility index (Phi) is 2.59. The molecule has 1 heterocycles. The molecular weight excluding hydrogens is 355 g/mol. The first kappa shape index (κ1) is 12.0. The number of carbonyl (C=O) groups is 1. The summed E-state index contributed by atoms with van der Waals surface area (Å²) in [5.74, 6) is 2.35. The van der Waals surface area contributed by atoms with Gasteiger partial charge in [-0.3, -0.25) is 4.79 Å². The number of hydrogen-bond donors (Lipinski definition) is 0. The third kappa shape index (κ3) is 1.52. The molecule has 3 fully saturated rings. The highest BCUT2D eigenvalue weighted by molar-refractivity contribution is 14.1. The highest BCUT2D eigenvalue weighted by Crippen LogP contribution is 2.63. The van der Waals surface area contributed by atoms with Crippen molar-refractivity contribution in [1.29, 1.82) is 0 Å². The van der Waals surface area contributed by atoms with E-state index in [1.54, 1.807) is 7.11 Å². The first-order valence-electron chi connectivity index (χ1n) is 6.69. The summed E-state index contributed by atoms with van der Waals surface area (Å²) in [6.45, 7) is 0. The largest absolute Gasteiger partial charge is 0.497 e. The van der Waals surface area contributed by atoms with Crippen molar-refractivity contribution in [2.24, 2.45) is 17.8 Å². The van der Waals surface area contributed by atoms with Gasteiger partial charge in [0, 0.05) is 11.8 Å². The van der Waals surface area contributed by atoms with E-state index in [1.165, 1.54) is 5.56 Å². The molecule has 6 atom stereocenters. The van der Waals surface area contributed by atoms with Gasteiger partial charge in [-0.15, -0.1) is 0 Å². The standard InChI is InChI=1S/C15H15IO3/c1-18-8-4-2-7(3-5-8)11-9-6-10-12(11)15(17)19-14(10)13(9)16/h2-5,9-14H,6H2,1H3/t9-,10-,11+,12+,13-,14+/m1/s1. The summed E-state index contributed by atoms with van der Waals surface area (Å²) < 4.78 is 11.3. The molecule has 2 saturated carbocycles. The number of alkyl halides is 1. The van der Waals surface area contributed by atoms with Gasteiger partial charge in [-0.05, 0) is 30.0 Å². The van der Waals surface area contributed by atoms with Crippen molar-refractivity contribution < 1.29 is 14.3 Å². The first-order valence-corrected chi connectivity index (χ1v) is 7.94. The van der Waals surface area contributed by atoms with Crippen LogP contribution in [0.4, 0.5) is 0 Å². The molecule has 1 aromatic carbocycles. The van der Waals surface area contributed by atoms with E-state index in [9.17, 15) is 4.79 Å². The molecular formula is C15H15IO3. The van der Waals surface area contributed by atoms with Gasteiger partial charge in [0.15, 0.2) is 0 Å². The number of rotatable bonds is 2. The smallest absolute Gasteiger partial charge is 0.310 e. The van der Waals surface area contributed by atoms with Crippen LogP contribution in [0, 0.1) is 17.8 Å². The number of carbonyl (C=O) groups excluding carboxylic acids is 1. The molecule has 0 spiro atoms. The summed E-state index contributed by atoms with van der Waals surface area (Å²) in [5.41, 5.74) is 1.26. The molecule has 0 aromatic heterocycles. The second-order valence-corrected chi connectivity index (χ2v) is 7.17. The van der Waals surface area contributed by atoms with E-state index in [1.807, 2.05) is 12.1 Å². The molecule has 4 rings (SSSR count). The van der Waals surface area contributed by atoms with Crippen molar-refractivity contribution in [3.8, 4) is 5.75 Å². The zero-order valence-corrected chi connectivity index (χ0v) is 12.7. The maximum atomic E-state index is 12.1. The monoisotopic (exact) mass is 370 g/mol. The van der Waals surface area contributed by atoms with Gasteiger partial charge in [0.1, 0.15) is 11.9 Å². The van der Waals surface area contributed by atoms with Crippen molar-refractivity contribution in [2.75, 3.05) is 7.11 Å². The van der Waals surface area contributed by atoms with Crippen LogP contribution in [0.1, 0.15) is 17.9 Å². The zero-order valence-electron chi connectivity index (χ0n) is 10.6. The van der Waals surface area contributed by atoms with Crippen molar-refractivity contribution in [3.05, 3.63) is 29.8 Å². The van der Waals surface area contributed by atoms with E-state index >= 15 is 0 Å². The third-order valence-corrected chi connectivity index (χ3v) is 6.66. The van der Waals surface area contributed by atoms with Crippen LogP contribution < -0.4 is 4.74 Å². The molecule has 19 heavy (non-hydrogen) atoms. The van der Waals surface area contributed by atoms with Crippen molar-refractivity contribution in [1.82, 2.24) is 0 Å². The minimum absolute atomic E-state index is 0.0254. The molecule has 1 aromatic rings. The Labute approximate surface area is 125 Å². The summed E-state index contributed by atoms with van der Waals surface area (Å²) in [5, 5.41) is 0. The van der Waals surface area contributed by atoms with Gasteiger partial charge in [0.25, 0.3) is 0 Å². The molecule has 1 saturated heterocycles. The van der Waals surface area contributed by atoms with E-state index in [2.05, 4.69) is 34.7 Å². The SMILES string of the molecule is COc1ccc([C@H]2[C@H]3C[C@H]4[C@H](OC(=O)[C@@H]42)[C@@H]3I)cc1. The predicted molar refractivity (Wildman–Crippen MR) is 78.5 cm³/mol. The van der Waals surface area contributed by atoms with E-state index in [-0.39, 0.29) is 18.0 Å². The average Bonchev–Trinajstić information content (AvgIpc) is 3.03. The minimum Gasteiger partial charge on any atom is -0.497 e. The molecule has 100 valence electrons. The summed E-state index contributed by atoms with van der Waals surface area (Å²) >= 11 is 2.48. The fourth-order valence-corrected chi connectivity index (χ4v) is 5.67. The maximum Gasteiger partial charge on any atom is 0.310 e. The molecule has 0 amide bonds. The highest BCUT2D eigenvalue weighted by atomic mass is 127. The fourth-order valence-electron chi connectivity index (χ4n) is 4.25. The Hall–Kier alpha value is -0.780. The number of benzene rings is 1. The van der Waals surface area contributed by atoms with Crippen LogP contribution in [0.5, 0.6) is 5.75 Å². The van der Waals surface area contributed by atoms with E-state index in [4.69, 9.17) is 9.47 Å². The fraction of sp³-hybridized carbons (Fsp3) is 0.533. The molecule has 4 heteroatoms. The normalized spacial score (nSPS) is 42.5. The van der Waals surface area contributed by atoms with Gasteiger partial charge in [-0.25, -0.2) is 0 Å². The van der Waals surface area contributed by atoms with Crippen LogP contribution in [0.2, 0.25) is 0 Å². The topological polar surface area (TPSA) is 35.5 Å². The number of fused-ring (bicyclic) bond motifs is 1. The van der Waals surface area contributed by atoms with Crippen molar-refractivity contribution in [3.63, 3.8) is 0 Å². The molecule has 0 N–H and O–H groups in total. The Morgan fingerprint density at radius 1 is 1.21 bits per heavy atom. The van der Waals surface area contributed by atoms with Gasteiger partial charge in [-0.2, -0.15) is 0 Å². The molecule has 1 aliphatic heterocycles. The molecule has 3 aliphatic rings. The van der Waals surface area contributed by atoms with E-state index < -0.39 is 0 Å². The first-order chi connectivity index (χ1) is 9.20. The van der Waals surface area contributed by atoms with Gasteiger partial charge in [0.05, 0.1) is 17.0 Å². The van der Waals surface area contributed by atoms with Gasteiger partial charge < -0.3 is 9.47 Å². The van der Waals surface area contributed by atoms with Crippen LogP contribution in [-0.4, -0.2) is 23.1 Å². The van der Waals surface area contributed by atoms with Crippen molar-refractivity contribution in [2.45, 2.75) is 22.4 Å². The lowest BCUT2D eigenvalue weighted by atomic mass is 9.76. The van der Waals surface area contributed by atoms with E-state index in [0.717, 1.165) is 12.2 Å². The van der Waals surface area contributed by atoms with Crippen LogP contribution in [0.3, 0.4) is 0 Å². The van der Waals surface area contributed by atoms with E-state index in [0.29, 0.717) is 21.7 Å².